The first kappa shape index (κ1) is 16.2. The van der Waals surface area contributed by atoms with E-state index < -0.39 is 0 Å². The zero-order valence-electron chi connectivity index (χ0n) is 13.2. The van der Waals surface area contributed by atoms with Crippen LogP contribution in [0.4, 0.5) is 0 Å². The van der Waals surface area contributed by atoms with Gasteiger partial charge in [0, 0.05) is 36.3 Å². The summed E-state index contributed by atoms with van der Waals surface area (Å²) in [4.78, 5) is 23.8. The number of aromatic amines is 1. The fourth-order valence-corrected chi connectivity index (χ4v) is 2.03. The summed E-state index contributed by atoms with van der Waals surface area (Å²) < 4.78 is 10.8. The molecule has 0 amide bonds. The maximum absolute atomic E-state index is 12.3. The summed E-state index contributed by atoms with van der Waals surface area (Å²) >= 11 is 0. The molecule has 6 nitrogen and oxygen atoms in total. The van der Waals surface area contributed by atoms with Crippen LogP contribution in [0.5, 0.6) is 5.75 Å². The van der Waals surface area contributed by atoms with Crippen LogP contribution in [0.25, 0.3) is 0 Å². The van der Waals surface area contributed by atoms with Crippen molar-refractivity contribution in [2.24, 2.45) is 0 Å². The molecule has 0 aliphatic heterocycles. The van der Waals surface area contributed by atoms with Gasteiger partial charge >= 0.3 is 0 Å². The molecular formula is C16H21N3O3. The van der Waals surface area contributed by atoms with Gasteiger partial charge in [0.25, 0.3) is 0 Å². The van der Waals surface area contributed by atoms with Crippen LogP contribution in [-0.2, 0) is 11.2 Å². The van der Waals surface area contributed by atoms with Crippen molar-refractivity contribution < 1.29 is 14.3 Å². The average molecular weight is 303 g/mol. The molecule has 2 rings (SSSR count). The molecule has 2 aromatic rings. The van der Waals surface area contributed by atoms with Gasteiger partial charge in [0.2, 0.25) is 0 Å². The molecule has 0 bridgehead atoms. The van der Waals surface area contributed by atoms with E-state index >= 15 is 0 Å². The molecule has 0 aliphatic rings. The number of pyridine rings is 1. The van der Waals surface area contributed by atoms with Gasteiger partial charge in [-0.15, -0.1) is 0 Å². The Kier molecular flexibility index (Phi) is 5.66. The molecule has 2 aromatic heterocycles. The van der Waals surface area contributed by atoms with Gasteiger partial charge in [0.1, 0.15) is 23.9 Å². The monoisotopic (exact) mass is 303 g/mol. The van der Waals surface area contributed by atoms with E-state index in [-0.39, 0.29) is 12.2 Å². The number of hydrogen-bond acceptors (Lipinski definition) is 5. The van der Waals surface area contributed by atoms with E-state index in [2.05, 4.69) is 15.0 Å². The van der Waals surface area contributed by atoms with Crippen LogP contribution >= 0.6 is 0 Å². The predicted octanol–water partition coefficient (Wildman–Crippen LogP) is 2.26. The van der Waals surface area contributed by atoms with Gasteiger partial charge in [0.05, 0.1) is 13.0 Å². The number of nitrogens with zero attached hydrogens (tertiary/aromatic N) is 2. The summed E-state index contributed by atoms with van der Waals surface area (Å²) in [5.74, 6) is 1.18. The van der Waals surface area contributed by atoms with Crippen LogP contribution in [0.2, 0.25) is 0 Å². The van der Waals surface area contributed by atoms with E-state index in [1.165, 1.54) is 0 Å². The molecule has 2 heterocycles. The standard InChI is InChI=1S/C16H21N3O3/c1-4-21-5-6-22-13-7-11(2)18-14(8-13)15(20)9-16-17-10-12(3)19-16/h7-8,10H,4-6,9H2,1-3H3,(H,17,19). The smallest absolute Gasteiger partial charge is 0.188 e. The third kappa shape index (κ3) is 4.66. The number of hydrogen-bond donors (Lipinski definition) is 1. The van der Waals surface area contributed by atoms with Crippen molar-refractivity contribution in [3.05, 3.63) is 41.2 Å². The number of aryl methyl sites for hydroxylation is 2. The van der Waals surface area contributed by atoms with Gasteiger partial charge in [-0.25, -0.2) is 9.97 Å². The van der Waals surface area contributed by atoms with Crippen molar-refractivity contribution in [2.75, 3.05) is 19.8 Å². The molecule has 0 radical (unpaired) electrons. The average Bonchev–Trinajstić information content (AvgIpc) is 2.88. The van der Waals surface area contributed by atoms with E-state index in [1.807, 2.05) is 20.8 Å². The van der Waals surface area contributed by atoms with Gasteiger partial charge in [-0.1, -0.05) is 0 Å². The summed E-state index contributed by atoms with van der Waals surface area (Å²) in [7, 11) is 0. The number of ketones is 1. The minimum atomic E-state index is -0.0901. The zero-order chi connectivity index (χ0) is 15.9. The highest BCUT2D eigenvalue weighted by atomic mass is 16.5. The number of nitrogens with one attached hydrogen (secondary N) is 1. The maximum atomic E-state index is 12.3. The normalized spacial score (nSPS) is 10.7. The Morgan fingerprint density at radius 1 is 1.27 bits per heavy atom. The third-order valence-corrected chi connectivity index (χ3v) is 3.00. The Morgan fingerprint density at radius 2 is 2.09 bits per heavy atom. The molecule has 0 aliphatic carbocycles. The van der Waals surface area contributed by atoms with Crippen LogP contribution in [0.15, 0.2) is 18.3 Å². The topological polar surface area (TPSA) is 77.1 Å². The molecule has 0 unspecified atom stereocenters. The summed E-state index contributed by atoms with van der Waals surface area (Å²) in [5, 5.41) is 0. The Bertz CT molecular complexity index is 637. The molecule has 6 heteroatoms. The van der Waals surface area contributed by atoms with Crippen LogP contribution < -0.4 is 4.74 Å². The van der Waals surface area contributed by atoms with Crippen molar-refractivity contribution >= 4 is 5.78 Å². The van der Waals surface area contributed by atoms with E-state index in [1.54, 1.807) is 18.3 Å². The SMILES string of the molecule is CCOCCOc1cc(C)nc(C(=O)Cc2ncc(C)[nH]2)c1. The maximum Gasteiger partial charge on any atom is 0.188 e. The summed E-state index contributed by atoms with van der Waals surface area (Å²) in [6.07, 6.45) is 1.90. The highest BCUT2D eigenvalue weighted by molar-refractivity contribution is 5.95. The van der Waals surface area contributed by atoms with Crippen molar-refractivity contribution in [3.8, 4) is 5.75 Å². The van der Waals surface area contributed by atoms with E-state index in [4.69, 9.17) is 9.47 Å². The van der Waals surface area contributed by atoms with E-state index in [9.17, 15) is 4.79 Å². The van der Waals surface area contributed by atoms with Crippen LogP contribution in [0.1, 0.15) is 34.6 Å². The van der Waals surface area contributed by atoms with Crippen molar-refractivity contribution in [1.82, 2.24) is 15.0 Å². The second-order valence-electron chi connectivity index (χ2n) is 4.99. The number of H-pyrrole nitrogens is 1. The van der Waals surface area contributed by atoms with E-state index in [0.29, 0.717) is 37.1 Å². The second-order valence-corrected chi connectivity index (χ2v) is 4.99. The molecule has 1 N–H and O–H groups in total. The van der Waals surface area contributed by atoms with Crippen molar-refractivity contribution in [2.45, 2.75) is 27.2 Å². The molecule has 118 valence electrons. The number of carbonyl (C=O) groups is 1. The lowest BCUT2D eigenvalue weighted by molar-refractivity contribution is 0.0984. The molecule has 0 fully saturated rings. The fourth-order valence-electron chi connectivity index (χ4n) is 2.03. The predicted molar refractivity (Wildman–Crippen MR) is 82.3 cm³/mol. The first-order valence-electron chi connectivity index (χ1n) is 7.31. The van der Waals surface area contributed by atoms with Gasteiger partial charge in [-0.05, 0) is 20.8 Å². The molecule has 0 saturated carbocycles. The van der Waals surface area contributed by atoms with Crippen molar-refractivity contribution in [3.63, 3.8) is 0 Å². The molecule has 0 atom stereocenters. The molecule has 0 aromatic carbocycles. The van der Waals surface area contributed by atoms with Gasteiger partial charge in [-0.3, -0.25) is 4.79 Å². The highest BCUT2D eigenvalue weighted by Crippen LogP contribution is 2.15. The molecule has 22 heavy (non-hydrogen) atoms. The second kappa shape index (κ2) is 7.70. The lowest BCUT2D eigenvalue weighted by Gasteiger charge is -2.08. The summed E-state index contributed by atoms with van der Waals surface area (Å²) in [5.41, 5.74) is 2.06. The van der Waals surface area contributed by atoms with E-state index in [0.717, 1.165) is 11.4 Å². The highest BCUT2D eigenvalue weighted by Gasteiger charge is 2.13. The zero-order valence-corrected chi connectivity index (χ0v) is 13.2. The Morgan fingerprint density at radius 3 is 2.77 bits per heavy atom. The number of aromatic nitrogens is 3. The number of ether oxygens (including phenoxy) is 2. The molecular weight excluding hydrogens is 282 g/mol. The van der Waals surface area contributed by atoms with Gasteiger partial charge in [-0.2, -0.15) is 0 Å². The minimum Gasteiger partial charge on any atom is -0.491 e. The first-order valence-corrected chi connectivity index (χ1v) is 7.31. The quantitative estimate of drug-likeness (QED) is 0.598. The number of Topliss-reactive ketones (excluding diaryl/α,β-unsaturated/α-hetero) is 1. The van der Waals surface area contributed by atoms with Crippen molar-refractivity contribution in [1.29, 1.82) is 0 Å². The minimum absolute atomic E-state index is 0.0901. The Balaban J connectivity index is 2.03. The van der Waals surface area contributed by atoms with Crippen LogP contribution in [-0.4, -0.2) is 40.6 Å². The lowest BCUT2D eigenvalue weighted by Crippen LogP contribution is -2.10. The van der Waals surface area contributed by atoms with Crippen LogP contribution in [0, 0.1) is 13.8 Å². The molecule has 0 spiro atoms. The number of carbonyl (C=O) groups excluding carboxylic acids is 1. The molecule has 0 saturated heterocycles. The number of imidazole rings is 1. The Hall–Kier alpha value is -2.21. The lowest BCUT2D eigenvalue weighted by atomic mass is 10.1. The largest absolute Gasteiger partial charge is 0.491 e. The number of rotatable bonds is 8. The first-order chi connectivity index (χ1) is 10.6. The van der Waals surface area contributed by atoms with Gasteiger partial charge < -0.3 is 14.5 Å². The third-order valence-electron chi connectivity index (χ3n) is 3.00. The van der Waals surface area contributed by atoms with Crippen LogP contribution in [0.3, 0.4) is 0 Å². The Labute approximate surface area is 129 Å². The summed E-state index contributed by atoms with van der Waals surface area (Å²) in [6, 6.07) is 3.47. The van der Waals surface area contributed by atoms with Gasteiger partial charge in [0.15, 0.2) is 5.78 Å². The fraction of sp³-hybridized carbons (Fsp3) is 0.438. The summed E-state index contributed by atoms with van der Waals surface area (Å²) in [6.45, 7) is 7.29.